The van der Waals surface area contributed by atoms with Gasteiger partial charge in [-0.2, -0.15) is 4.98 Å². The molecule has 0 saturated heterocycles. The molecule has 0 unspecified atom stereocenters. The van der Waals surface area contributed by atoms with Crippen LogP contribution in [0.5, 0.6) is 0 Å². The van der Waals surface area contributed by atoms with Gasteiger partial charge in [0, 0.05) is 30.6 Å². The van der Waals surface area contributed by atoms with Gasteiger partial charge in [-0.25, -0.2) is 4.98 Å². The van der Waals surface area contributed by atoms with Crippen LogP contribution in [0.4, 0.5) is 0 Å². The number of pyridine rings is 2. The molecular weight excluding hydrogens is 346 g/mol. The molecule has 0 aliphatic rings. The van der Waals surface area contributed by atoms with Crippen LogP contribution < -0.4 is 10.9 Å². The summed E-state index contributed by atoms with van der Waals surface area (Å²) < 4.78 is 6.49. The first-order valence-electron chi connectivity index (χ1n) is 7.50. The third-order valence-corrected chi connectivity index (χ3v) is 3.53. The van der Waals surface area contributed by atoms with Gasteiger partial charge in [-0.05, 0) is 25.1 Å². The molecule has 0 saturated carbocycles. The molecule has 0 fully saturated rings. The summed E-state index contributed by atoms with van der Waals surface area (Å²) in [5, 5.41) is 7.04. The van der Waals surface area contributed by atoms with E-state index < -0.39 is 0 Å². The number of hydrogen-bond donors (Lipinski definition) is 1. The van der Waals surface area contributed by atoms with Gasteiger partial charge < -0.3 is 14.4 Å². The van der Waals surface area contributed by atoms with E-state index in [1.54, 1.807) is 18.2 Å². The standard InChI is InChI=1S/C16H14ClN5O3/c1-2-18-13(23)9-22-8-10(3-6-14(22)24)15-20-16(25-21-15)12-5-4-11(17)7-19-12/h3-8H,2,9H2,1H3,(H,18,23). The third-order valence-electron chi connectivity index (χ3n) is 3.30. The largest absolute Gasteiger partial charge is 0.355 e. The second kappa shape index (κ2) is 7.27. The van der Waals surface area contributed by atoms with Crippen LogP contribution in [0.15, 0.2) is 46.0 Å². The molecule has 8 nitrogen and oxygen atoms in total. The van der Waals surface area contributed by atoms with Crippen molar-refractivity contribution >= 4 is 17.5 Å². The molecule has 25 heavy (non-hydrogen) atoms. The fourth-order valence-electron chi connectivity index (χ4n) is 2.14. The molecular formula is C16H14ClN5O3. The Kier molecular flexibility index (Phi) is 4.90. The van der Waals surface area contributed by atoms with Gasteiger partial charge >= 0.3 is 0 Å². The minimum absolute atomic E-state index is 0.0794. The van der Waals surface area contributed by atoms with Crippen molar-refractivity contribution in [3.05, 3.63) is 52.0 Å². The monoisotopic (exact) mass is 359 g/mol. The molecule has 0 aromatic carbocycles. The SMILES string of the molecule is CCNC(=O)Cn1cc(-c2noc(-c3ccc(Cl)cn3)n2)ccc1=O. The summed E-state index contributed by atoms with van der Waals surface area (Å²) in [7, 11) is 0. The molecule has 3 heterocycles. The van der Waals surface area contributed by atoms with Crippen LogP contribution in [0, 0.1) is 0 Å². The molecule has 0 aliphatic carbocycles. The smallest absolute Gasteiger partial charge is 0.276 e. The number of carbonyl (C=O) groups excluding carboxylic acids is 1. The number of hydrogen-bond acceptors (Lipinski definition) is 6. The molecule has 9 heteroatoms. The predicted octanol–water partition coefficient (Wildman–Crippen LogP) is 1.75. The van der Waals surface area contributed by atoms with Gasteiger partial charge in [-0.15, -0.1) is 0 Å². The zero-order chi connectivity index (χ0) is 17.8. The predicted molar refractivity (Wildman–Crippen MR) is 90.9 cm³/mol. The summed E-state index contributed by atoms with van der Waals surface area (Å²) in [4.78, 5) is 32.0. The summed E-state index contributed by atoms with van der Waals surface area (Å²) in [6.07, 6.45) is 2.99. The summed E-state index contributed by atoms with van der Waals surface area (Å²) in [5.74, 6) is 0.269. The maximum absolute atomic E-state index is 11.9. The molecule has 1 amide bonds. The fraction of sp³-hybridized carbons (Fsp3) is 0.188. The highest BCUT2D eigenvalue weighted by molar-refractivity contribution is 6.30. The Labute approximate surface area is 147 Å². The van der Waals surface area contributed by atoms with Crippen LogP contribution in [0.25, 0.3) is 23.0 Å². The molecule has 3 aromatic heterocycles. The van der Waals surface area contributed by atoms with Gasteiger partial charge in [0.15, 0.2) is 0 Å². The lowest BCUT2D eigenvalue weighted by Gasteiger charge is -2.06. The van der Waals surface area contributed by atoms with E-state index >= 15 is 0 Å². The van der Waals surface area contributed by atoms with E-state index in [0.29, 0.717) is 22.8 Å². The van der Waals surface area contributed by atoms with Crippen LogP contribution in [0.3, 0.4) is 0 Å². The van der Waals surface area contributed by atoms with Gasteiger partial charge in [0.1, 0.15) is 12.2 Å². The zero-order valence-corrected chi connectivity index (χ0v) is 14.0. The Morgan fingerprint density at radius 1 is 1.32 bits per heavy atom. The Hall–Kier alpha value is -3.00. The topological polar surface area (TPSA) is 103 Å². The Bertz CT molecular complexity index is 949. The lowest BCUT2D eigenvalue weighted by molar-refractivity contribution is -0.121. The third kappa shape index (κ3) is 3.92. The molecule has 0 bridgehead atoms. The number of aromatic nitrogens is 4. The normalized spacial score (nSPS) is 10.6. The quantitative estimate of drug-likeness (QED) is 0.744. The number of nitrogens with one attached hydrogen (secondary N) is 1. The zero-order valence-electron chi connectivity index (χ0n) is 13.3. The molecule has 0 radical (unpaired) electrons. The summed E-state index contributed by atoms with van der Waals surface area (Å²) in [5.41, 5.74) is 0.741. The van der Waals surface area contributed by atoms with Gasteiger partial charge in [0.2, 0.25) is 11.7 Å². The van der Waals surface area contributed by atoms with E-state index in [1.807, 2.05) is 6.92 Å². The average Bonchev–Trinajstić information content (AvgIpc) is 3.08. The van der Waals surface area contributed by atoms with Gasteiger partial charge in [-0.1, -0.05) is 16.8 Å². The minimum Gasteiger partial charge on any atom is -0.355 e. The minimum atomic E-state index is -0.293. The number of likely N-dealkylation sites (N-methyl/N-ethyl adjacent to an activating group) is 1. The van der Waals surface area contributed by atoms with E-state index in [9.17, 15) is 9.59 Å². The second-order valence-corrected chi connectivity index (χ2v) is 5.56. The van der Waals surface area contributed by atoms with E-state index in [1.165, 1.54) is 23.0 Å². The molecule has 0 atom stereocenters. The van der Waals surface area contributed by atoms with Crippen molar-refractivity contribution in [2.75, 3.05) is 6.54 Å². The van der Waals surface area contributed by atoms with E-state index in [2.05, 4.69) is 20.4 Å². The highest BCUT2D eigenvalue weighted by atomic mass is 35.5. The Morgan fingerprint density at radius 3 is 2.88 bits per heavy atom. The molecule has 1 N–H and O–H groups in total. The number of amides is 1. The summed E-state index contributed by atoms with van der Waals surface area (Å²) >= 11 is 5.80. The lowest BCUT2D eigenvalue weighted by atomic mass is 10.2. The highest BCUT2D eigenvalue weighted by Crippen LogP contribution is 2.21. The molecule has 3 rings (SSSR count). The van der Waals surface area contributed by atoms with E-state index in [-0.39, 0.29) is 29.7 Å². The Morgan fingerprint density at radius 2 is 2.16 bits per heavy atom. The van der Waals surface area contributed by atoms with Gasteiger partial charge in [0.25, 0.3) is 11.4 Å². The summed E-state index contributed by atoms with van der Waals surface area (Å²) in [6, 6.07) is 6.25. The molecule has 0 aliphatic heterocycles. The van der Waals surface area contributed by atoms with E-state index in [0.717, 1.165) is 0 Å². The number of carbonyl (C=O) groups is 1. The van der Waals surface area contributed by atoms with Gasteiger partial charge in [0.05, 0.1) is 5.02 Å². The fourth-order valence-corrected chi connectivity index (χ4v) is 2.25. The van der Waals surface area contributed by atoms with E-state index in [4.69, 9.17) is 16.1 Å². The van der Waals surface area contributed by atoms with Gasteiger partial charge in [-0.3, -0.25) is 9.59 Å². The first-order valence-corrected chi connectivity index (χ1v) is 7.88. The van der Waals surface area contributed by atoms with Crippen molar-refractivity contribution in [2.24, 2.45) is 0 Å². The maximum atomic E-state index is 11.9. The second-order valence-electron chi connectivity index (χ2n) is 5.12. The average molecular weight is 360 g/mol. The number of rotatable bonds is 5. The first-order chi connectivity index (χ1) is 12.1. The van der Waals surface area contributed by atoms with Crippen LogP contribution in [0.2, 0.25) is 5.02 Å². The van der Waals surface area contributed by atoms with Crippen molar-refractivity contribution in [1.29, 1.82) is 0 Å². The first kappa shape index (κ1) is 16.8. The van der Waals surface area contributed by atoms with Crippen molar-refractivity contribution in [3.8, 4) is 23.0 Å². The molecule has 128 valence electrons. The lowest BCUT2D eigenvalue weighted by Crippen LogP contribution is -2.31. The number of halogens is 1. The van der Waals surface area contributed by atoms with Crippen LogP contribution in [-0.2, 0) is 11.3 Å². The maximum Gasteiger partial charge on any atom is 0.276 e. The van der Waals surface area contributed by atoms with Crippen LogP contribution >= 0.6 is 11.6 Å². The summed E-state index contributed by atoms with van der Waals surface area (Å²) in [6.45, 7) is 2.22. The van der Waals surface area contributed by atoms with Crippen molar-refractivity contribution < 1.29 is 9.32 Å². The Balaban J connectivity index is 1.88. The number of nitrogens with zero attached hydrogens (tertiary/aromatic N) is 4. The molecule has 3 aromatic rings. The highest BCUT2D eigenvalue weighted by Gasteiger charge is 2.13. The van der Waals surface area contributed by atoms with Crippen molar-refractivity contribution in [2.45, 2.75) is 13.5 Å². The van der Waals surface area contributed by atoms with Crippen LogP contribution in [-0.4, -0.2) is 32.1 Å². The molecule has 0 spiro atoms. The van der Waals surface area contributed by atoms with Crippen LogP contribution in [0.1, 0.15) is 6.92 Å². The van der Waals surface area contributed by atoms with Crippen molar-refractivity contribution in [1.82, 2.24) is 25.0 Å². The van der Waals surface area contributed by atoms with Crippen molar-refractivity contribution in [3.63, 3.8) is 0 Å².